The van der Waals surface area contributed by atoms with Crippen LogP contribution in [0.4, 0.5) is 23.3 Å². The Hall–Kier alpha value is -6.67. The van der Waals surface area contributed by atoms with E-state index in [9.17, 15) is 4.57 Å². The SMILES string of the molecule is [C-]#[N+]c1ccc2c(-c3nc(N[C@@H]4CN(Cc5ccccc5)CC(C)(C)C4)ncc3C)c[nH]c2c1Br.[C-]#[N+]c1ccc2c(-c3nc(N[C@@H]4CN(Cc5ccccc5)CC(C)(C)C4)ncc3C)c[nH]c2c1P(C)(C)=O. The van der Waals surface area contributed by atoms with Crippen molar-refractivity contribution in [3.8, 4) is 22.5 Å². The van der Waals surface area contributed by atoms with E-state index >= 15 is 0 Å². The average Bonchev–Trinajstić information content (AvgIpc) is 3.97. The maximum atomic E-state index is 13.1. The van der Waals surface area contributed by atoms with Crippen molar-refractivity contribution >= 4 is 73.5 Å². The largest absolute Gasteiger partial charge is 0.361 e. The molecule has 6 heterocycles. The van der Waals surface area contributed by atoms with Crippen LogP contribution in [0.15, 0.2) is 114 Å². The summed E-state index contributed by atoms with van der Waals surface area (Å²) in [6, 6.07) is 29.3. The van der Waals surface area contributed by atoms with Crippen LogP contribution in [0, 0.1) is 37.8 Å². The van der Waals surface area contributed by atoms with E-state index in [-0.39, 0.29) is 22.9 Å². The van der Waals surface area contributed by atoms with Crippen molar-refractivity contribution in [2.75, 3.05) is 50.1 Å². The van der Waals surface area contributed by atoms with Crippen molar-refractivity contribution in [1.29, 1.82) is 0 Å². The van der Waals surface area contributed by atoms with Crippen LogP contribution in [-0.2, 0) is 17.7 Å². The lowest BCUT2D eigenvalue weighted by atomic mass is 9.81. The predicted octanol–water partition coefficient (Wildman–Crippen LogP) is 13.4. The van der Waals surface area contributed by atoms with Crippen LogP contribution in [0.2, 0.25) is 0 Å². The minimum atomic E-state index is -2.68. The molecule has 73 heavy (non-hydrogen) atoms. The lowest BCUT2D eigenvalue weighted by Gasteiger charge is -2.42. The van der Waals surface area contributed by atoms with Gasteiger partial charge in [-0.3, -0.25) is 9.80 Å². The van der Waals surface area contributed by atoms with Crippen LogP contribution in [-0.4, -0.2) is 91.3 Å². The summed E-state index contributed by atoms with van der Waals surface area (Å²) in [6.07, 6.45) is 9.71. The summed E-state index contributed by atoms with van der Waals surface area (Å²) in [6.45, 7) is 37.5. The van der Waals surface area contributed by atoms with Crippen LogP contribution in [0.3, 0.4) is 0 Å². The number of benzene rings is 4. The fraction of sp³-hybridized carbons (Fsp3) is 0.345. The van der Waals surface area contributed by atoms with E-state index in [0.29, 0.717) is 28.6 Å². The van der Waals surface area contributed by atoms with Gasteiger partial charge in [0.1, 0.15) is 7.14 Å². The Morgan fingerprint density at radius 1 is 0.671 bits per heavy atom. The lowest BCUT2D eigenvalue weighted by molar-refractivity contribution is 0.101. The molecule has 0 unspecified atom stereocenters. The molecule has 2 aliphatic heterocycles. The Bertz CT molecular complexity index is 3420. The van der Waals surface area contributed by atoms with Gasteiger partial charge < -0.3 is 25.2 Å². The highest BCUT2D eigenvalue weighted by Crippen LogP contribution is 2.44. The van der Waals surface area contributed by atoms with Crippen molar-refractivity contribution < 1.29 is 4.57 Å². The van der Waals surface area contributed by atoms with Crippen molar-refractivity contribution in [2.45, 2.75) is 79.6 Å². The van der Waals surface area contributed by atoms with E-state index in [4.69, 9.17) is 23.1 Å². The van der Waals surface area contributed by atoms with Crippen LogP contribution in [0.5, 0.6) is 0 Å². The second-order valence-electron chi connectivity index (χ2n) is 21.8. The lowest BCUT2D eigenvalue weighted by Crippen LogP contribution is -2.49. The Kier molecular flexibility index (Phi) is 14.8. The summed E-state index contributed by atoms with van der Waals surface area (Å²) in [5, 5.41) is 9.81. The monoisotopic (exact) mass is 1050 g/mol. The second-order valence-corrected chi connectivity index (χ2v) is 25.8. The van der Waals surface area contributed by atoms with Crippen molar-refractivity contribution in [3.63, 3.8) is 0 Å². The molecular formula is C58H64BrN12OP. The predicted molar refractivity (Wildman–Crippen MR) is 302 cm³/mol. The minimum absolute atomic E-state index is 0.167. The van der Waals surface area contributed by atoms with E-state index in [1.807, 2.05) is 56.8 Å². The number of rotatable bonds is 11. The summed E-state index contributed by atoms with van der Waals surface area (Å²) in [7, 11) is -2.68. The molecule has 2 atom stereocenters. The number of piperidine rings is 2. The van der Waals surface area contributed by atoms with Crippen molar-refractivity contribution in [1.82, 2.24) is 39.7 Å². The zero-order valence-electron chi connectivity index (χ0n) is 43.0. The van der Waals surface area contributed by atoms with E-state index in [0.717, 1.165) is 112 Å². The molecule has 4 N–H and O–H groups in total. The van der Waals surface area contributed by atoms with Gasteiger partial charge in [-0.2, -0.15) is 0 Å². The number of aromatic amines is 2. The Morgan fingerprint density at radius 3 is 1.56 bits per heavy atom. The third kappa shape index (κ3) is 11.7. The van der Waals surface area contributed by atoms with Gasteiger partial charge in [0.2, 0.25) is 17.6 Å². The van der Waals surface area contributed by atoms with Gasteiger partial charge in [-0.1, -0.05) is 129 Å². The first kappa shape index (κ1) is 51.2. The fourth-order valence-electron chi connectivity index (χ4n) is 11.0. The van der Waals surface area contributed by atoms with Gasteiger partial charge in [-0.25, -0.2) is 29.6 Å². The Morgan fingerprint density at radius 2 is 1.11 bits per heavy atom. The molecule has 8 aromatic rings. The van der Waals surface area contributed by atoms with Gasteiger partial charge in [0.25, 0.3) is 0 Å². The summed E-state index contributed by atoms with van der Waals surface area (Å²) < 4.78 is 13.9. The number of fused-ring (bicyclic) bond motifs is 2. The maximum Gasteiger partial charge on any atom is 0.223 e. The number of likely N-dealkylation sites (tertiary alicyclic amines) is 2. The Balaban J connectivity index is 0.000000180. The number of aryl methyl sites for hydroxylation is 2. The molecule has 13 nitrogen and oxygen atoms in total. The number of hydrogen-bond acceptors (Lipinski definition) is 9. The van der Waals surface area contributed by atoms with Crippen LogP contribution in [0.25, 0.3) is 54.0 Å². The van der Waals surface area contributed by atoms with E-state index in [1.54, 1.807) is 19.4 Å². The number of anilines is 2. The first-order chi connectivity index (χ1) is 34.9. The molecular weight excluding hydrogens is 992 g/mol. The van der Waals surface area contributed by atoms with Crippen LogP contribution >= 0.6 is 23.1 Å². The van der Waals surface area contributed by atoms with E-state index in [2.05, 4.69) is 154 Å². The van der Waals surface area contributed by atoms with E-state index < -0.39 is 7.14 Å². The van der Waals surface area contributed by atoms with Gasteiger partial charge in [-0.15, -0.1) is 0 Å². The average molecular weight is 1060 g/mol. The number of aromatic nitrogens is 6. The molecule has 2 fully saturated rings. The van der Waals surface area contributed by atoms with Gasteiger partial charge >= 0.3 is 0 Å². The molecule has 10 rings (SSSR count). The van der Waals surface area contributed by atoms with Gasteiger partial charge in [0.15, 0.2) is 5.69 Å². The van der Waals surface area contributed by atoms with Crippen LogP contribution in [0.1, 0.15) is 62.8 Å². The molecule has 0 bridgehead atoms. The summed E-state index contributed by atoms with van der Waals surface area (Å²) in [4.78, 5) is 38.0. The summed E-state index contributed by atoms with van der Waals surface area (Å²) >= 11 is 3.57. The van der Waals surface area contributed by atoms with Crippen molar-refractivity contribution in [3.05, 3.63) is 159 Å². The minimum Gasteiger partial charge on any atom is -0.361 e. The smallest absolute Gasteiger partial charge is 0.223 e. The molecule has 0 spiro atoms. The fourth-order valence-corrected chi connectivity index (χ4v) is 13.0. The molecule has 15 heteroatoms. The number of hydrogen-bond donors (Lipinski definition) is 4. The van der Waals surface area contributed by atoms with Gasteiger partial charge in [-0.05, 0) is 73.1 Å². The Labute approximate surface area is 437 Å². The highest BCUT2D eigenvalue weighted by atomic mass is 79.9. The van der Waals surface area contributed by atoms with Gasteiger partial charge in [0, 0.05) is 119 Å². The third-order valence-corrected chi connectivity index (χ3v) is 16.2. The summed E-state index contributed by atoms with van der Waals surface area (Å²) in [5.41, 5.74) is 11.3. The zero-order chi connectivity index (χ0) is 51.7. The summed E-state index contributed by atoms with van der Waals surface area (Å²) in [5.74, 6) is 1.26. The highest BCUT2D eigenvalue weighted by Gasteiger charge is 2.35. The topological polar surface area (TPSA) is 139 Å². The number of nitrogens with one attached hydrogen (secondary N) is 4. The third-order valence-electron chi connectivity index (χ3n) is 13.8. The molecule has 2 aliphatic rings. The second kappa shape index (κ2) is 21.0. The number of halogens is 1. The molecule has 0 amide bonds. The normalized spacial score (nSPS) is 17.8. The maximum absolute atomic E-state index is 13.1. The zero-order valence-corrected chi connectivity index (χ0v) is 45.5. The van der Waals surface area contributed by atoms with Crippen molar-refractivity contribution in [2.24, 2.45) is 10.8 Å². The first-order valence-electron chi connectivity index (χ1n) is 24.8. The molecule has 0 aliphatic carbocycles. The number of H-pyrrole nitrogens is 2. The van der Waals surface area contributed by atoms with Crippen LogP contribution < -0.4 is 15.9 Å². The molecule has 4 aromatic carbocycles. The highest BCUT2D eigenvalue weighted by molar-refractivity contribution is 9.10. The molecule has 0 radical (unpaired) electrons. The van der Waals surface area contributed by atoms with E-state index in [1.165, 1.54) is 11.1 Å². The molecule has 0 saturated carbocycles. The molecule has 2 saturated heterocycles. The molecule has 4 aromatic heterocycles. The van der Waals surface area contributed by atoms with Gasteiger partial charge in [0.05, 0.1) is 24.5 Å². The quantitative estimate of drug-likeness (QED) is 0.0736. The first-order valence-corrected chi connectivity index (χ1v) is 28.2. The number of nitrogens with zero attached hydrogens (tertiary/aromatic N) is 8. The molecule has 374 valence electrons. The standard InChI is InChI=1S/C30H35N6OP.C28H29BrN6/c1-20-15-33-29(34-22-14-30(2,3)19-36(18-22)17-21-10-8-7-9-11-21)35-26(20)24-16-32-27-23(24)12-13-25(31-4)28(27)38(5,6)37;1-18-13-32-27(34-25(18)22-14-31-26-21(22)10-11-23(30-4)24(26)29)33-20-12-28(2,3)17-35(16-20)15-19-8-6-5-7-9-19/h7-13,15-16,22,32H,14,17-19H2,1-3,5-6H3,(H,33,34,35);5-11,13-14,20,31H,12,15-17H2,1-3H3,(H,32,33,34)/t22-;20-/m00/s1.